The number of anilines is 1. The highest BCUT2D eigenvalue weighted by atomic mass is 32.2. The van der Waals surface area contributed by atoms with Gasteiger partial charge >= 0.3 is 0 Å². The molecule has 0 radical (unpaired) electrons. The largest absolute Gasteiger partial charge is 0.545 e. The van der Waals surface area contributed by atoms with Gasteiger partial charge in [0.05, 0.1) is 28.2 Å². The zero-order chi connectivity index (χ0) is 15.4. The maximum absolute atomic E-state index is 12.2. The minimum Gasteiger partial charge on any atom is -0.545 e. The summed E-state index contributed by atoms with van der Waals surface area (Å²) in [5.74, 6) is -1.42. The summed E-state index contributed by atoms with van der Waals surface area (Å²) in [7, 11) is -1.39. The molecule has 0 bridgehead atoms. The molecule has 21 heavy (non-hydrogen) atoms. The molecule has 7 heteroatoms. The number of carbonyl (C=O) groups excluding carboxylic acids is 1. The molecule has 0 amide bonds. The van der Waals surface area contributed by atoms with Crippen molar-refractivity contribution in [2.24, 2.45) is 0 Å². The number of benzene rings is 2. The minimum absolute atomic E-state index is 0.0181. The Bertz CT molecular complexity index is 672. The van der Waals surface area contributed by atoms with E-state index in [0.717, 1.165) is 6.07 Å². The van der Waals surface area contributed by atoms with Crippen molar-refractivity contribution in [1.82, 2.24) is 0 Å². The Morgan fingerprint density at radius 3 is 2.38 bits per heavy atom. The fraction of sp³-hybridized carbons (Fsp3) is 0.0714. The second kappa shape index (κ2) is 6.49. The van der Waals surface area contributed by atoms with Gasteiger partial charge < -0.3 is 9.90 Å². The number of carboxylic acid groups (broad SMARTS) is 1. The van der Waals surface area contributed by atoms with E-state index in [1.165, 1.54) is 12.1 Å². The van der Waals surface area contributed by atoms with Crippen LogP contribution in [0.1, 0.15) is 15.9 Å². The summed E-state index contributed by atoms with van der Waals surface area (Å²) in [6.45, 7) is 0. The molecule has 1 atom stereocenters. The van der Waals surface area contributed by atoms with Crippen LogP contribution in [-0.4, -0.2) is 20.6 Å². The number of hydrogen-bond acceptors (Lipinski definition) is 6. The molecule has 0 aliphatic heterocycles. The highest BCUT2D eigenvalue weighted by Crippen LogP contribution is 2.23. The molecule has 0 saturated heterocycles. The summed E-state index contributed by atoms with van der Waals surface area (Å²) in [6, 6.07) is 12.4. The van der Waals surface area contributed by atoms with Gasteiger partial charge in [-0.25, -0.2) is 0 Å². The third-order valence-corrected chi connectivity index (χ3v) is 4.20. The summed E-state index contributed by atoms with van der Waals surface area (Å²) < 4.78 is 12.2. The normalized spacial score (nSPS) is 11.9. The van der Waals surface area contributed by atoms with Crippen LogP contribution in [0, 0.1) is 0 Å². The van der Waals surface area contributed by atoms with E-state index in [9.17, 15) is 24.5 Å². The summed E-state index contributed by atoms with van der Waals surface area (Å²) in [6.07, 6.45) is 0. The standard InChI is InChI=1S/C14H13NO5S/c16-14(17)10-6-7-11(13(8-10)15(18)19)9-21(20)12-4-2-1-3-5-12/h1-8,18-19H,9H2,(H,16,17)/p-1. The molecule has 2 aromatic rings. The Hall–Kier alpha value is -2.22. The zero-order valence-corrected chi connectivity index (χ0v) is 11.6. The van der Waals surface area contributed by atoms with Gasteiger partial charge in [-0.05, 0) is 29.3 Å². The molecule has 0 heterocycles. The van der Waals surface area contributed by atoms with Crippen LogP contribution in [0.4, 0.5) is 5.69 Å². The molecule has 110 valence electrons. The molecule has 2 rings (SSSR count). The summed E-state index contributed by atoms with van der Waals surface area (Å²) >= 11 is 0. The van der Waals surface area contributed by atoms with Gasteiger partial charge in [0.1, 0.15) is 0 Å². The van der Waals surface area contributed by atoms with E-state index in [1.807, 2.05) is 0 Å². The van der Waals surface area contributed by atoms with Crippen LogP contribution >= 0.6 is 0 Å². The maximum atomic E-state index is 12.2. The van der Waals surface area contributed by atoms with Crippen LogP contribution in [0.2, 0.25) is 0 Å². The van der Waals surface area contributed by atoms with Gasteiger partial charge in [0, 0.05) is 4.90 Å². The van der Waals surface area contributed by atoms with Gasteiger partial charge in [0.2, 0.25) is 0 Å². The van der Waals surface area contributed by atoms with E-state index < -0.39 is 16.8 Å². The molecule has 0 spiro atoms. The molecule has 6 nitrogen and oxygen atoms in total. The van der Waals surface area contributed by atoms with E-state index >= 15 is 0 Å². The van der Waals surface area contributed by atoms with Crippen LogP contribution in [0.15, 0.2) is 53.4 Å². The quantitative estimate of drug-likeness (QED) is 0.797. The van der Waals surface area contributed by atoms with Crippen molar-refractivity contribution < 1.29 is 24.5 Å². The third-order valence-electron chi connectivity index (χ3n) is 2.83. The summed E-state index contributed by atoms with van der Waals surface area (Å²) in [4.78, 5) is 11.4. The first-order chi connectivity index (χ1) is 9.99. The predicted octanol–water partition coefficient (Wildman–Crippen LogP) is 0.943. The number of carbonyl (C=O) groups is 1. The van der Waals surface area contributed by atoms with Gasteiger partial charge in [-0.2, -0.15) is 0 Å². The molecule has 2 aromatic carbocycles. The zero-order valence-electron chi connectivity index (χ0n) is 10.8. The van der Waals surface area contributed by atoms with Crippen LogP contribution in [-0.2, 0) is 16.6 Å². The molecule has 0 aliphatic rings. The van der Waals surface area contributed by atoms with Crippen molar-refractivity contribution in [3.63, 3.8) is 0 Å². The van der Waals surface area contributed by atoms with Crippen LogP contribution < -0.4 is 10.3 Å². The van der Waals surface area contributed by atoms with E-state index in [0.29, 0.717) is 10.5 Å². The van der Waals surface area contributed by atoms with Gasteiger partial charge in [-0.3, -0.25) is 14.6 Å². The maximum Gasteiger partial charge on any atom is 0.0990 e. The van der Waals surface area contributed by atoms with Crippen molar-refractivity contribution >= 4 is 22.5 Å². The lowest BCUT2D eigenvalue weighted by Gasteiger charge is -2.15. The highest BCUT2D eigenvalue weighted by Gasteiger charge is 2.13. The van der Waals surface area contributed by atoms with E-state index in [4.69, 9.17) is 0 Å². The number of carboxylic acids is 1. The second-order valence-corrected chi connectivity index (χ2v) is 5.67. The first-order valence-corrected chi connectivity index (χ1v) is 7.26. The first-order valence-electron chi connectivity index (χ1n) is 5.94. The van der Waals surface area contributed by atoms with E-state index in [1.54, 1.807) is 30.3 Å². The first kappa shape index (κ1) is 15.2. The molecular formula is C14H12NO5S-. The van der Waals surface area contributed by atoms with Crippen molar-refractivity contribution in [3.8, 4) is 0 Å². The Kier molecular flexibility index (Phi) is 4.69. The van der Waals surface area contributed by atoms with Crippen molar-refractivity contribution in [2.75, 3.05) is 5.23 Å². The Morgan fingerprint density at radius 1 is 1.14 bits per heavy atom. The molecule has 0 aliphatic carbocycles. The summed E-state index contributed by atoms with van der Waals surface area (Å²) in [5, 5.41) is 28.9. The molecular weight excluding hydrogens is 294 g/mol. The number of hydrogen-bond donors (Lipinski definition) is 2. The summed E-state index contributed by atoms with van der Waals surface area (Å²) in [5.41, 5.74) is -0.0134. The fourth-order valence-corrected chi connectivity index (χ4v) is 2.95. The lowest BCUT2D eigenvalue weighted by molar-refractivity contribution is -0.255. The topological polar surface area (TPSA) is 101 Å². The van der Waals surface area contributed by atoms with E-state index in [2.05, 4.69) is 0 Å². The van der Waals surface area contributed by atoms with Crippen LogP contribution in [0.5, 0.6) is 0 Å². The minimum atomic E-state index is -1.44. The highest BCUT2D eigenvalue weighted by molar-refractivity contribution is 7.84. The molecule has 2 N–H and O–H groups in total. The number of aromatic carboxylic acids is 1. The van der Waals surface area contributed by atoms with E-state index in [-0.39, 0.29) is 22.2 Å². The Labute approximate surface area is 123 Å². The van der Waals surface area contributed by atoms with Crippen LogP contribution in [0.25, 0.3) is 0 Å². The van der Waals surface area contributed by atoms with Gasteiger partial charge in [-0.1, -0.05) is 30.3 Å². The van der Waals surface area contributed by atoms with Crippen molar-refractivity contribution in [1.29, 1.82) is 0 Å². The average molecular weight is 306 g/mol. The lowest BCUT2D eigenvalue weighted by atomic mass is 10.1. The smallest absolute Gasteiger partial charge is 0.0990 e. The SMILES string of the molecule is O=C([O-])c1ccc(CS(=O)c2ccccc2)c(N(O)O)c1. The van der Waals surface area contributed by atoms with Gasteiger partial charge in [0.15, 0.2) is 0 Å². The average Bonchev–Trinajstić information content (AvgIpc) is 2.48. The van der Waals surface area contributed by atoms with Gasteiger partial charge in [0.25, 0.3) is 0 Å². The van der Waals surface area contributed by atoms with Gasteiger partial charge in [-0.15, -0.1) is 5.23 Å². The number of rotatable bonds is 5. The molecule has 0 fully saturated rings. The second-order valence-electron chi connectivity index (χ2n) is 4.22. The Balaban J connectivity index is 2.31. The molecule has 0 saturated carbocycles. The van der Waals surface area contributed by atoms with Crippen LogP contribution in [0.3, 0.4) is 0 Å². The lowest BCUT2D eigenvalue weighted by Crippen LogP contribution is -2.23. The molecule has 0 aromatic heterocycles. The predicted molar refractivity (Wildman–Crippen MR) is 73.4 cm³/mol. The monoisotopic (exact) mass is 306 g/mol. The van der Waals surface area contributed by atoms with Crippen molar-refractivity contribution in [3.05, 3.63) is 59.7 Å². The molecule has 1 unspecified atom stereocenters. The Morgan fingerprint density at radius 2 is 1.81 bits per heavy atom. The third kappa shape index (κ3) is 3.66. The number of nitrogens with zero attached hydrogens (tertiary/aromatic N) is 1. The fourth-order valence-electron chi connectivity index (χ4n) is 1.80. The van der Waals surface area contributed by atoms with Crippen molar-refractivity contribution in [2.45, 2.75) is 10.6 Å².